The molecule has 3 nitrogen and oxygen atoms in total. The fourth-order valence-electron chi connectivity index (χ4n) is 2.56. The molecule has 1 heterocycles. The van der Waals surface area contributed by atoms with Gasteiger partial charge in [0.15, 0.2) is 6.10 Å². The van der Waals surface area contributed by atoms with Gasteiger partial charge in [0.1, 0.15) is 0 Å². The highest BCUT2D eigenvalue weighted by molar-refractivity contribution is 6.21. The second kappa shape index (κ2) is 6.59. The molecular weight excluding hydrogens is 274 g/mol. The lowest BCUT2D eigenvalue weighted by atomic mass is 9.93. The molecule has 1 aromatic carbocycles. The summed E-state index contributed by atoms with van der Waals surface area (Å²) in [5, 5.41) is -0.104. The maximum atomic E-state index is 12.2. The van der Waals surface area contributed by atoms with Crippen LogP contribution < -0.4 is 0 Å². The molecule has 2 rings (SSSR count). The van der Waals surface area contributed by atoms with Gasteiger partial charge in [0.05, 0.1) is 18.0 Å². The van der Waals surface area contributed by atoms with E-state index in [4.69, 9.17) is 16.3 Å². The van der Waals surface area contributed by atoms with Crippen molar-refractivity contribution in [3.05, 3.63) is 35.9 Å². The number of ether oxygens (including phenoxy) is 1. The largest absolute Gasteiger partial charge is 0.361 e. The molecule has 0 radical (unpaired) electrons. The number of halogens is 1. The Morgan fingerprint density at radius 2 is 1.90 bits per heavy atom. The highest BCUT2D eigenvalue weighted by atomic mass is 35.5. The van der Waals surface area contributed by atoms with Gasteiger partial charge >= 0.3 is 0 Å². The number of alkyl halides is 1. The van der Waals surface area contributed by atoms with E-state index in [-0.39, 0.29) is 17.3 Å². The zero-order valence-corrected chi connectivity index (χ0v) is 13.0. The van der Waals surface area contributed by atoms with Gasteiger partial charge < -0.3 is 9.64 Å². The number of benzene rings is 1. The van der Waals surface area contributed by atoms with Gasteiger partial charge in [0.2, 0.25) is 0 Å². The van der Waals surface area contributed by atoms with Crippen LogP contribution in [0.1, 0.15) is 26.3 Å². The van der Waals surface area contributed by atoms with Crippen LogP contribution in [-0.2, 0) is 16.1 Å². The summed E-state index contributed by atoms with van der Waals surface area (Å²) in [5.74, 6) is 0.499. The van der Waals surface area contributed by atoms with E-state index in [0.717, 1.165) is 12.1 Å². The Bertz CT molecular complexity index is 447. The van der Waals surface area contributed by atoms with E-state index in [2.05, 4.69) is 13.8 Å². The third-order valence-corrected chi connectivity index (χ3v) is 3.76. The number of rotatable bonds is 6. The first-order chi connectivity index (χ1) is 9.50. The second-order valence-electron chi connectivity index (χ2n) is 5.77. The first-order valence-electron chi connectivity index (χ1n) is 7.10. The Balaban J connectivity index is 1.95. The average Bonchev–Trinajstić information content (AvgIpc) is 2.41. The molecule has 0 spiro atoms. The summed E-state index contributed by atoms with van der Waals surface area (Å²) < 4.78 is 5.79. The van der Waals surface area contributed by atoms with E-state index in [9.17, 15) is 4.79 Å². The van der Waals surface area contributed by atoms with Gasteiger partial charge in [-0.2, -0.15) is 0 Å². The van der Waals surface area contributed by atoms with E-state index in [0.29, 0.717) is 12.5 Å². The Morgan fingerprint density at radius 1 is 1.25 bits per heavy atom. The standard InChI is InChI=1S/C16H22ClNO2/c1-11(2)9-18-14(12(3)17)15(16(18)19)20-10-13-7-5-4-6-8-13/h4-8,11-12,14-15H,9-10H2,1-3H3/t12-,14+,15-/m0/s1. The van der Waals surface area contributed by atoms with Crippen LogP contribution in [0.5, 0.6) is 0 Å². The first-order valence-corrected chi connectivity index (χ1v) is 7.54. The number of likely N-dealkylation sites (tertiary alicyclic amines) is 1. The Morgan fingerprint density at radius 3 is 2.45 bits per heavy atom. The number of β-lactam (4-membered cyclic amide) rings is 1. The van der Waals surface area contributed by atoms with Crippen molar-refractivity contribution in [3.63, 3.8) is 0 Å². The van der Waals surface area contributed by atoms with Gasteiger partial charge in [0, 0.05) is 6.54 Å². The van der Waals surface area contributed by atoms with E-state index in [1.807, 2.05) is 42.2 Å². The summed E-state index contributed by atoms with van der Waals surface area (Å²) in [4.78, 5) is 14.0. The molecule has 0 unspecified atom stereocenters. The zero-order valence-electron chi connectivity index (χ0n) is 12.3. The molecule has 3 atom stereocenters. The van der Waals surface area contributed by atoms with Crippen molar-refractivity contribution in [1.29, 1.82) is 0 Å². The molecular formula is C16H22ClNO2. The molecule has 0 N–H and O–H groups in total. The van der Waals surface area contributed by atoms with Crippen molar-refractivity contribution in [2.75, 3.05) is 6.54 Å². The van der Waals surface area contributed by atoms with Gasteiger partial charge in [-0.3, -0.25) is 4.79 Å². The van der Waals surface area contributed by atoms with Crippen LogP contribution in [0.25, 0.3) is 0 Å². The number of carbonyl (C=O) groups is 1. The van der Waals surface area contributed by atoms with Crippen LogP contribution in [0, 0.1) is 5.92 Å². The van der Waals surface area contributed by atoms with Crippen molar-refractivity contribution in [2.45, 2.75) is 44.9 Å². The Hall–Kier alpha value is -1.06. The SMILES string of the molecule is CC(C)CN1C(=O)[C@@H](OCc2ccccc2)[C@H]1[C@H](C)Cl. The summed E-state index contributed by atoms with van der Waals surface area (Å²) >= 11 is 6.23. The molecule has 20 heavy (non-hydrogen) atoms. The molecule has 0 aliphatic carbocycles. The fraction of sp³-hybridized carbons (Fsp3) is 0.562. The van der Waals surface area contributed by atoms with Gasteiger partial charge in [-0.25, -0.2) is 0 Å². The van der Waals surface area contributed by atoms with Crippen molar-refractivity contribution in [1.82, 2.24) is 4.90 Å². The zero-order chi connectivity index (χ0) is 14.7. The van der Waals surface area contributed by atoms with Gasteiger partial charge in [-0.15, -0.1) is 11.6 Å². The summed E-state index contributed by atoms with van der Waals surface area (Å²) in [6, 6.07) is 9.87. The predicted octanol–water partition coefficient (Wildman–Crippen LogP) is 3.07. The third-order valence-electron chi connectivity index (χ3n) is 3.50. The second-order valence-corrected chi connectivity index (χ2v) is 6.46. The molecule has 1 fully saturated rings. The van der Waals surface area contributed by atoms with E-state index >= 15 is 0 Å². The third kappa shape index (κ3) is 3.33. The minimum Gasteiger partial charge on any atom is -0.361 e. The number of hydrogen-bond donors (Lipinski definition) is 0. The van der Waals surface area contributed by atoms with E-state index in [1.165, 1.54) is 0 Å². The molecule has 110 valence electrons. The van der Waals surface area contributed by atoms with Crippen LogP contribution in [0.3, 0.4) is 0 Å². The molecule has 0 aromatic heterocycles. The average molecular weight is 296 g/mol. The van der Waals surface area contributed by atoms with Crippen molar-refractivity contribution >= 4 is 17.5 Å². The Kier molecular flexibility index (Phi) is 5.06. The normalized spacial score (nSPS) is 23.9. The molecule has 4 heteroatoms. The maximum Gasteiger partial charge on any atom is 0.254 e. The highest BCUT2D eigenvalue weighted by Gasteiger charge is 2.50. The Labute approximate surface area is 125 Å². The first kappa shape index (κ1) is 15.3. The predicted molar refractivity (Wildman–Crippen MR) is 80.7 cm³/mol. The van der Waals surface area contributed by atoms with Gasteiger partial charge in [0.25, 0.3) is 5.91 Å². The fourth-order valence-corrected chi connectivity index (χ4v) is 2.83. The molecule has 1 aromatic rings. The number of carbonyl (C=O) groups excluding carboxylic acids is 1. The van der Waals surface area contributed by atoms with Crippen molar-refractivity contribution in [3.8, 4) is 0 Å². The quantitative estimate of drug-likeness (QED) is 0.596. The number of nitrogens with zero attached hydrogens (tertiary/aromatic N) is 1. The smallest absolute Gasteiger partial charge is 0.254 e. The van der Waals surface area contributed by atoms with Crippen LogP contribution >= 0.6 is 11.6 Å². The minimum absolute atomic E-state index is 0.0183. The summed E-state index contributed by atoms with van der Waals surface area (Å²) in [6.07, 6.45) is -0.401. The molecule has 0 bridgehead atoms. The van der Waals surface area contributed by atoms with Gasteiger partial charge in [-0.05, 0) is 18.4 Å². The molecule has 1 aliphatic rings. The molecule has 0 saturated carbocycles. The van der Waals surface area contributed by atoms with Crippen LogP contribution in [-0.4, -0.2) is 34.9 Å². The molecule has 1 saturated heterocycles. The van der Waals surface area contributed by atoms with E-state index < -0.39 is 6.10 Å². The van der Waals surface area contributed by atoms with E-state index in [1.54, 1.807) is 0 Å². The summed E-state index contributed by atoms with van der Waals surface area (Å²) in [6.45, 7) is 7.31. The van der Waals surface area contributed by atoms with Crippen LogP contribution in [0.2, 0.25) is 0 Å². The maximum absolute atomic E-state index is 12.2. The van der Waals surface area contributed by atoms with Crippen LogP contribution in [0.15, 0.2) is 30.3 Å². The van der Waals surface area contributed by atoms with Crippen LogP contribution in [0.4, 0.5) is 0 Å². The minimum atomic E-state index is -0.401. The highest BCUT2D eigenvalue weighted by Crippen LogP contribution is 2.30. The molecule has 1 aliphatic heterocycles. The number of hydrogen-bond acceptors (Lipinski definition) is 2. The number of amides is 1. The summed E-state index contributed by atoms with van der Waals surface area (Å²) in [7, 11) is 0. The van der Waals surface area contributed by atoms with Crippen molar-refractivity contribution in [2.24, 2.45) is 5.92 Å². The van der Waals surface area contributed by atoms with Crippen molar-refractivity contribution < 1.29 is 9.53 Å². The lowest BCUT2D eigenvalue weighted by Gasteiger charge is -2.48. The molecule has 1 amide bonds. The summed E-state index contributed by atoms with van der Waals surface area (Å²) in [5.41, 5.74) is 1.07. The topological polar surface area (TPSA) is 29.5 Å². The lowest BCUT2D eigenvalue weighted by molar-refractivity contribution is -0.176. The lowest BCUT2D eigenvalue weighted by Crippen LogP contribution is -2.69. The monoisotopic (exact) mass is 295 g/mol. The van der Waals surface area contributed by atoms with Gasteiger partial charge in [-0.1, -0.05) is 44.2 Å².